The van der Waals surface area contributed by atoms with E-state index in [0.717, 1.165) is 53.2 Å². The molecule has 5 nitrogen and oxygen atoms in total. The second kappa shape index (κ2) is 12.0. The summed E-state index contributed by atoms with van der Waals surface area (Å²) in [4.78, 5) is 0. The van der Waals surface area contributed by atoms with E-state index in [0.29, 0.717) is 13.2 Å². The summed E-state index contributed by atoms with van der Waals surface area (Å²) in [6.07, 6.45) is 1.01. The Morgan fingerprint density at radius 3 is 2.44 bits per heavy atom. The first-order valence-corrected chi connectivity index (χ1v) is 10.0. The molecule has 6 heteroatoms. The molecular formula is C21H29BrN2O3. The minimum atomic E-state index is 0.179. The first-order chi connectivity index (χ1) is 13.1. The molecule has 2 rings (SSSR count). The van der Waals surface area contributed by atoms with Crippen LogP contribution in [-0.2, 0) is 13.2 Å². The van der Waals surface area contributed by atoms with Gasteiger partial charge in [0.15, 0.2) is 11.5 Å². The normalized spacial score (nSPS) is 10.8. The van der Waals surface area contributed by atoms with Crippen LogP contribution in [-0.4, -0.2) is 38.5 Å². The summed E-state index contributed by atoms with van der Waals surface area (Å²) in [5.41, 5.74) is 3.48. The molecule has 0 amide bonds. The second-order valence-corrected chi connectivity index (χ2v) is 7.23. The Labute approximate surface area is 170 Å². The number of nitrogens with one attached hydrogen (secondary N) is 2. The number of ether oxygens (including phenoxy) is 2. The van der Waals surface area contributed by atoms with E-state index in [1.54, 1.807) is 7.11 Å². The van der Waals surface area contributed by atoms with Crippen LogP contribution in [0.15, 0.2) is 40.9 Å². The van der Waals surface area contributed by atoms with E-state index in [2.05, 4.69) is 57.8 Å². The van der Waals surface area contributed by atoms with Crippen molar-refractivity contribution < 1.29 is 14.6 Å². The third-order valence-electron chi connectivity index (χ3n) is 4.16. The molecule has 0 fully saturated rings. The molecule has 0 unspecified atom stereocenters. The summed E-state index contributed by atoms with van der Waals surface area (Å²) < 4.78 is 12.5. The molecule has 0 aliphatic rings. The summed E-state index contributed by atoms with van der Waals surface area (Å²) in [6, 6.07) is 12.3. The van der Waals surface area contributed by atoms with Gasteiger partial charge in [0.25, 0.3) is 0 Å². The molecule has 0 aliphatic carbocycles. The maximum Gasteiger partial charge on any atom is 0.162 e. The van der Waals surface area contributed by atoms with Gasteiger partial charge in [-0.15, -0.1) is 0 Å². The van der Waals surface area contributed by atoms with Crippen LogP contribution in [0.5, 0.6) is 11.5 Å². The zero-order valence-corrected chi connectivity index (χ0v) is 17.6. The largest absolute Gasteiger partial charge is 0.493 e. The number of hydrogen-bond donors (Lipinski definition) is 3. The van der Waals surface area contributed by atoms with Gasteiger partial charge in [-0.25, -0.2) is 0 Å². The molecular weight excluding hydrogens is 408 g/mol. The Hall–Kier alpha value is -1.60. The average Bonchev–Trinajstić information content (AvgIpc) is 2.68. The van der Waals surface area contributed by atoms with Crippen molar-refractivity contribution in [1.29, 1.82) is 0 Å². The average molecular weight is 437 g/mol. The van der Waals surface area contributed by atoms with Crippen LogP contribution < -0.4 is 20.1 Å². The number of halogens is 1. The summed E-state index contributed by atoms with van der Waals surface area (Å²) >= 11 is 3.63. The molecule has 0 bridgehead atoms. The molecule has 0 radical (unpaired) electrons. The fourth-order valence-electron chi connectivity index (χ4n) is 2.60. The van der Waals surface area contributed by atoms with Gasteiger partial charge in [0.05, 0.1) is 13.7 Å². The molecule has 0 saturated carbocycles. The maximum atomic E-state index is 8.73. The highest BCUT2D eigenvalue weighted by Gasteiger charge is 2.10. The number of benzene rings is 2. The molecule has 2 aromatic rings. The fraction of sp³-hybridized carbons (Fsp3) is 0.429. The van der Waals surface area contributed by atoms with E-state index in [4.69, 9.17) is 14.6 Å². The SMILES string of the molecule is COc1cc(CNCCCNCCO)c(Br)cc1OCc1ccc(C)cc1. The van der Waals surface area contributed by atoms with Crippen molar-refractivity contribution in [2.75, 3.05) is 33.4 Å². The van der Waals surface area contributed by atoms with E-state index in [-0.39, 0.29) is 6.61 Å². The van der Waals surface area contributed by atoms with E-state index >= 15 is 0 Å². The molecule has 148 valence electrons. The monoisotopic (exact) mass is 436 g/mol. The van der Waals surface area contributed by atoms with Crippen LogP contribution in [0.25, 0.3) is 0 Å². The van der Waals surface area contributed by atoms with Crippen molar-refractivity contribution in [2.24, 2.45) is 0 Å². The smallest absolute Gasteiger partial charge is 0.162 e. The molecule has 0 heterocycles. The highest BCUT2D eigenvalue weighted by molar-refractivity contribution is 9.10. The first kappa shape index (κ1) is 21.7. The summed E-state index contributed by atoms with van der Waals surface area (Å²) in [6.45, 7) is 5.94. The lowest BCUT2D eigenvalue weighted by Gasteiger charge is -2.15. The molecule has 0 atom stereocenters. The van der Waals surface area contributed by atoms with Crippen molar-refractivity contribution >= 4 is 15.9 Å². The van der Waals surface area contributed by atoms with Crippen LogP contribution in [0, 0.1) is 6.92 Å². The topological polar surface area (TPSA) is 62.8 Å². The predicted octanol–water partition coefficient (Wildman–Crippen LogP) is 3.41. The van der Waals surface area contributed by atoms with Gasteiger partial charge >= 0.3 is 0 Å². The number of aliphatic hydroxyl groups is 1. The Bertz CT molecular complexity index is 693. The molecule has 27 heavy (non-hydrogen) atoms. The minimum Gasteiger partial charge on any atom is -0.493 e. The van der Waals surface area contributed by atoms with E-state index in [1.807, 2.05) is 12.1 Å². The Balaban J connectivity index is 1.88. The summed E-state index contributed by atoms with van der Waals surface area (Å²) in [7, 11) is 1.66. The van der Waals surface area contributed by atoms with Gasteiger partial charge in [-0.1, -0.05) is 45.8 Å². The van der Waals surface area contributed by atoms with E-state index in [1.165, 1.54) is 5.56 Å². The standard InChI is InChI=1S/C21H29BrN2O3/c1-16-4-6-17(7-5-16)15-27-21-13-19(22)18(12-20(21)26-2)14-24-9-3-8-23-10-11-25/h4-7,12-13,23-25H,3,8-11,14-15H2,1-2H3. The lowest BCUT2D eigenvalue weighted by Crippen LogP contribution is -2.24. The zero-order chi connectivity index (χ0) is 19.5. The number of aryl methyl sites for hydroxylation is 1. The summed E-state index contributed by atoms with van der Waals surface area (Å²) in [5, 5.41) is 15.3. The molecule has 0 saturated heterocycles. The number of methoxy groups -OCH3 is 1. The Morgan fingerprint density at radius 1 is 1.00 bits per heavy atom. The van der Waals surface area contributed by atoms with Crippen molar-refractivity contribution in [3.8, 4) is 11.5 Å². The van der Waals surface area contributed by atoms with Gasteiger partial charge < -0.3 is 25.2 Å². The fourth-order valence-corrected chi connectivity index (χ4v) is 3.06. The summed E-state index contributed by atoms with van der Waals surface area (Å²) in [5.74, 6) is 1.45. The van der Waals surface area contributed by atoms with Crippen LogP contribution in [0.2, 0.25) is 0 Å². The van der Waals surface area contributed by atoms with E-state index < -0.39 is 0 Å². The van der Waals surface area contributed by atoms with Crippen LogP contribution in [0.1, 0.15) is 23.1 Å². The highest BCUT2D eigenvalue weighted by atomic mass is 79.9. The van der Waals surface area contributed by atoms with Gasteiger partial charge in [-0.2, -0.15) is 0 Å². The number of aliphatic hydroxyl groups excluding tert-OH is 1. The van der Waals surface area contributed by atoms with Gasteiger partial charge in [0.1, 0.15) is 6.61 Å². The van der Waals surface area contributed by atoms with E-state index in [9.17, 15) is 0 Å². The van der Waals surface area contributed by atoms with Gasteiger partial charge in [-0.05, 0) is 49.7 Å². The minimum absolute atomic E-state index is 0.179. The number of hydrogen-bond acceptors (Lipinski definition) is 5. The quantitative estimate of drug-likeness (QED) is 0.445. The maximum absolute atomic E-state index is 8.73. The van der Waals surface area contributed by atoms with Gasteiger partial charge in [0.2, 0.25) is 0 Å². The Kier molecular flexibility index (Phi) is 9.62. The van der Waals surface area contributed by atoms with Crippen molar-refractivity contribution in [3.63, 3.8) is 0 Å². The zero-order valence-electron chi connectivity index (χ0n) is 16.1. The second-order valence-electron chi connectivity index (χ2n) is 6.37. The molecule has 0 spiro atoms. The lowest BCUT2D eigenvalue weighted by atomic mass is 10.1. The van der Waals surface area contributed by atoms with Crippen molar-refractivity contribution in [2.45, 2.75) is 26.5 Å². The number of rotatable bonds is 12. The molecule has 0 aromatic heterocycles. The van der Waals surface area contributed by atoms with Crippen LogP contribution in [0.4, 0.5) is 0 Å². The van der Waals surface area contributed by atoms with Crippen LogP contribution in [0.3, 0.4) is 0 Å². The third kappa shape index (κ3) is 7.50. The first-order valence-electron chi connectivity index (χ1n) is 9.21. The third-order valence-corrected chi connectivity index (χ3v) is 4.90. The lowest BCUT2D eigenvalue weighted by molar-refractivity contribution is 0.284. The predicted molar refractivity (Wildman–Crippen MR) is 112 cm³/mol. The Morgan fingerprint density at radius 2 is 1.74 bits per heavy atom. The highest BCUT2D eigenvalue weighted by Crippen LogP contribution is 2.34. The van der Waals surface area contributed by atoms with Gasteiger partial charge in [-0.3, -0.25) is 0 Å². The molecule has 3 N–H and O–H groups in total. The van der Waals surface area contributed by atoms with Crippen molar-refractivity contribution in [1.82, 2.24) is 10.6 Å². The van der Waals surface area contributed by atoms with Crippen LogP contribution >= 0.6 is 15.9 Å². The van der Waals surface area contributed by atoms with Gasteiger partial charge in [0, 0.05) is 17.6 Å². The van der Waals surface area contributed by atoms with Crippen molar-refractivity contribution in [3.05, 3.63) is 57.6 Å². The molecule has 0 aliphatic heterocycles. The molecule has 2 aromatic carbocycles.